The van der Waals surface area contributed by atoms with Gasteiger partial charge in [0.25, 0.3) is 5.34 Å². The van der Waals surface area contributed by atoms with Crippen molar-refractivity contribution in [2.24, 2.45) is 5.10 Å². The summed E-state index contributed by atoms with van der Waals surface area (Å²) in [6, 6.07) is 15.5. The Morgan fingerprint density at radius 2 is 1.48 bits per heavy atom. The first-order valence-corrected chi connectivity index (χ1v) is 13.9. The third kappa shape index (κ3) is 7.49. The van der Waals surface area contributed by atoms with Crippen LogP contribution < -0.4 is 9.47 Å². The maximum atomic E-state index is 9.71. The molecule has 7 heteroatoms. The van der Waals surface area contributed by atoms with Crippen molar-refractivity contribution in [3.63, 3.8) is 0 Å². The van der Waals surface area contributed by atoms with Crippen LogP contribution in [0, 0.1) is 0 Å². The van der Waals surface area contributed by atoms with E-state index in [4.69, 9.17) is 21.3 Å². The van der Waals surface area contributed by atoms with Crippen molar-refractivity contribution in [3.05, 3.63) is 59.7 Å². The van der Waals surface area contributed by atoms with Crippen molar-refractivity contribution in [2.75, 3.05) is 7.05 Å². The molecule has 0 saturated carbocycles. The van der Waals surface area contributed by atoms with E-state index < -0.39 is 18.3 Å². The molecular weight excluding hydrogens is 451 g/mol. The third-order valence-corrected chi connectivity index (χ3v) is 9.85. The van der Waals surface area contributed by atoms with Gasteiger partial charge in [-0.25, -0.2) is 0 Å². The summed E-state index contributed by atoms with van der Waals surface area (Å²) in [6.07, 6.45) is 3.99. The number of aliphatic hydroxyl groups is 1. The van der Waals surface area contributed by atoms with Gasteiger partial charge in [-0.05, 0) is 74.2 Å². The Kier molecular flexibility index (Phi) is 9.84. The first-order valence-electron chi connectivity index (χ1n) is 11.6. The molecule has 3 unspecified atom stereocenters. The molecule has 0 amide bonds. The first kappa shape index (κ1) is 27.2. The molecular formula is C26H38N2O3PS+. The average Bonchev–Trinajstić information content (AvgIpc) is 2.83. The fourth-order valence-electron chi connectivity index (χ4n) is 3.12. The Balaban J connectivity index is 2.06. The molecule has 0 radical (unpaired) electrons. The van der Waals surface area contributed by atoms with Gasteiger partial charge in [0.05, 0.1) is 19.4 Å². The van der Waals surface area contributed by atoms with Gasteiger partial charge in [0.1, 0.15) is 17.1 Å². The van der Waals surface area contributed by atoms with Gasteiger partial charge in [-0.3, -0.25) is 0 Å². The minimum Gasteiger partial charge on any atom is -0.488 e. The van der Waals surface area contributed by atoms with E-state index in [1.165, 1.54) is 0 Å². The van der Waals surface area contributed by atoms with Crippen LogP contribution in [0.15, 0.2) is 53.6 Å². The van der Waals surface area contributed by atoms with Crippen LogP contribution >= 0.6 is 6.85 Å². The Morgan fingerprint density at radius 1 is 0.970 bits per heavy atom. The number of aliphatic hydroxyl groups excluding tert-OH is 1. The number of hydrogen-bond donors (Lipinski definition) is 1. The molecule has 0 heterocycles. The number of ether oxygens (including phenoxy) is 2. The molecule has 0 aliphatic carbocycles. The summed E-state index contributed by atoms with van der Waals surface area (Å²) in [5.74, 6) is 1.60. The summed E-state index contributed by atoms with van der Waals surface area (Å²) in [5.41, 5.74) is 1.69. The van der Waals surface area contributed by atoms with Crippen LogP contribution in [0.5, 0.6) is 11.5 Å². The Labute approximate surface area is 205 Å². The van der Waals surface area contributed by atoms with E-state index in [-0.39, 0.29) is 5.60 Å². The molecule has 0 spiro atoms. The summed E-state index contributed by atoms with van der Waals surface area (Å²) < 4.78 is 14.3. The van der Waals surface area contributed by atoms with Crippen molar-refractivity contribution >= 4 is 24.9 Å². The molecule has 180 valence electrons. The fraction of sp³-hybridized carbons (Fsp3) is 0.500. The van der Waals surface area contributed by atoms with Gasteiger partial charge in [-0.15, -0.1) is 9.88 Å². The largest absolute Gasteiger partial charge is 0.488 e. The lowest BCUT2D eigenvalue weighted by Crippen LogP contribution is -2.30. The summed E-state index contributed by atoms with van der Waals surface area (Å²) in [5, 5.41) is 13.8. The smallest absolute Gasteiger partial charge is 0.358 e. The van der Waals surface area contributed by atoms with Crippen LogP contribution in [0.1, 0.15) is 78.0 Å². The molecule has 1 N–H and O–H groups in total. The number of rotatable bonds is 12. The molecule has 2 rings (SSSR count). The number of hydrazone groups is 1. The summed E-state index contributed by atoms with van der Waals surface area (Å²) in [4.78, 5) is 0. The second kappa shape index (κ2) is 11.9. The highest BCUT2D eigenvalue weighted by atomic mass is 32.4. The summed E-state index contributed by atoms with van der Waals surface area (Å²) in [7, 11) is 1.90. The Bertz CT molecular complexity index is 928. The number of hydrogen-bond acceptors (Lipinski definition) is 5. The zero-order valence-electron chi connectivity index (χ0n) is 20.9. The summed E-state index contributed by atoms with van der Waals surface area (Å²) in [6.45, 7) is 11.1. The Morgan fingerprint density at radius 3 is 1.97 bits per heavy atom. The van der Waals surface area contributed by atoms with Crippen molar-refractivity contribution in [1.82, 2.24) is 4.78 Å². The minimum absolute atomic E-state index is 0.144. The maximum absolute atomic E-state index is 9.71. The molecule has 0 saturated heterocycles. The molecule has 5 nitrogen and oxygen atoms in total. The van der Waals surface area contributed by atoms with Gasteiger partial charge in [0.15, 0.2) is 11.8 Å². The van der Waals surface area contributed by atoms with Crippen molar-refractivity contribution < 1.29 is 14.6 Å². The topological polar surface area (TPSA) is 54.3 Å². The SMILES string of the molecule is CCC(C)(CC)Oc1ccc(C=NN(C)[P+](=S)C(C)(CC)Oc2ccc(C(C)O)cc2)cc1. The zero-order chi connectivity index (χ0) is 24.6. The third-order valence-electron chi connectivity index (χ3n) is 6.14. The van der Waals surface area contributed by atoms with E-state index in [1.54, 1.807) is 6.92 Å². The lowest BCUT2D eigenvalue weighted by Gasteiger charge is -2.28. The zero-order valence-corrected chi connectivity index (χ0v) is 22.6. The molecule has 33 heavy (non-hydrogen) atoms. The van der Waals surface area contributed by atoms with Gasteiger partial charge in [0.2, 0.25) is 0 Å². The highest BCUT2D eigenvalue weighted by molar-refractivity contribution is 8.04. The van der Waals surface area contributed by atoms with Gasteiger partial charge < -0.3 is 14.6 Å². The van der Waals surface area contributed by atoms with E-state index in [1.807, 2.05) is 73.5 Å². The van der Waals surface area contributed by atoms with Gasteiger partial charge in [0, 0.05) is 13.3 Å². The Hall–Kier alpha value is -2.01. The van der Waals surface area contributed by atoms with Crippen LogP contribution in [-0.2, 0) is 11.8 Å². The standard InChI is InChI=1S/C26H38N2O3PS/c1-8-25(5,9-2)30-23-15-11-21(12-16-23)19-27-28(7)32(33)26(6,10-3)31-24-17-13-22(14-18-24)20(4)29/h11-20,29H,8-10H2,1-7H3/q+1. The van der Waals surface area contributed by atoms with E-state index >= 15 is 0 Å². The predicted molar refractivity (Wildman–Crippen MR) is 142 cm³/mol. The van der Waals surface area contributed by atoms with Crippen LogP contribution in [0.3, 0.4) is 0 Å². The fourth-order valence-corrected chi connectivity index (χ4v) is 4.96. The normalized spacial score (nSPS) is 15.1. The second-order valence-electron chi connectivity index (χ2n) is 8.71. The summed E-state index contributed by atoms with van der Waals surface area (Å²) >= 11 is 5.88. The molecule has 2 aromatic rings. The number of benzene rings is 2. The van der Waals surface area contributed by atoms with Crippen molar-refractivity contribution in [2.45, 2.75) is 77.9 Å². The quantitative estimate of drug-likeness (QED) is 0.197. The molecule has 0 bridgehead atoms. The van der Waals surface area contributed by atoms with Crippen LogP contribution in [0.2, 0.25) is 0 Å². The molecule has 0 aliphatic rings. The van der Waals surface area contributed by atoms with Gasteiger partial charge in [-0.1, -0.05) is 32.9 Å². The van der Waals surface area contributed by atoms with Crippen molar-refractivity contribution in [1.29, 1.82) is 0 Å². The monoisotopic (exact) mass is 489 g/mol. The highest BCUT2D eigenvalue weighted by Crippen LogP contribution is 2.45. The lowest BCUT2D eigenvalue weighted by molar-refractivity contribution is 0.0803. The van der Waals surface area contributed by atoms with Crippen LogP contribution in [-0.4, -0.2) is 34.1 Å². The first-order chi connectivity index (χ1) is 15.6. The predicted octanol–water partition coefficient (Wildman–Crippen LogP) is 7.03. The second-order valence-corrected chi connectivity index (χ2v) is 11.8. The van der Waals surface area contributed by atoms with Gasteiger partial charge in [-0.2, -0.15) is 0 Å². The maximum Gasteiger partial charge on any atom is 0.358 e. The number of nitrogens with zero attached hydrogens (tertiary/aromatic N) is 2. The van der Waals surface area contributed by atoms with Gasteiger partial charge >= 0.3 is 6.85 Å². The molecule has 3 atom stereocenters. The molecule has 2 aromatic carbocycles. The van der Waals surface area contributed by atoms with E-state index in [2.05, 4.69) is 32.8 Å². The lowest BCUT2D eigenvalue weighted by atomic mass is 10.00. The molecule has 0 aromatic heterocycles. The van der Waals surface area contributed by atoms with E-state index in [0.29, 0.717) is 0 Å². The average molecular weight is 490 g/mol. The van der Waals surface area contributed by atoms with Crippen LogP contribution in [0.4, 0.5) is 0 Å². The molecule has 0 fully saturated rings. The van der Waals surface area contributed by atoms with Crippen molar-refractivity contribution in [3.8, 4) is 11.5 Å². The molecule has 0 aliphatic heterocycles. The van der Waals surface area contributed by atoms with E-state index in [0.717, 1.165) is 41.9 Å². The van der Waals surface area contributed by atoms with E-state index in [9.17, 15) is 5.11 Å². The van der Waals surface area contributed by atoms with Crippen LogP contribution in [0.25, 0.3) is 0 Å². The highest BCUT2D eigenvalue weighted by Gasteiger charge is 2.45. The minimum atomic E-state index is -1.13.